The first kappa shape index (κ1) is 13.6. The molecule has 0 saturated heterocycles. The van der Waals surface area contributed by atoms with Crippen LogP contribution in [0.25, 0.3) is 0 Å². The lowest BCUT2D eigenvalue weighted by Gasteiger charge is -2.09. The Bertz CT molecular complexity index is 662. The molecule has 0 aliphatic heterocycles. The Kier molecular flexibility index (Phi) is 3.90. The van der Waals surface area contributed by atoms with Crippen molar-refractivity contribution in [1.82, 2.24) is 9.78 Å². The van der Waals surface area contributed by atoms with Gasteiger partial charge in [0.1, 0.15) is 0 Å². The molecule has 0 unspecified atom stereocenters. The molecule has 0 spiro atoms. The number of rotatable bonds is 5. The van der Waals surface area contributed by atoms with Crippen LogP contribution in [0.1, 0.15) is 12.5 Å². The van der Waals surface area contributed by atoms with Crippen LogP contribution >= 0.6 is 0 Å². The van der Waals surface area contributed by atoms with Gasteiger partial charge in [-0.25, -0.2) is 8.42 Å². The summed E-state index contributed by atoms with van der Waals surface area (Å²) < 4.78 is 25.2. The molecule has 1 N–H and O–H groups in total. The van der Waals surface area contributed by atoms with E-state index in [1.165, 1.54) is 6.26 Å². The molecule has 1 heterocycles. The average molecular weight is 279 g/mol. The molecule has 5 nitrogen and oxygen atoms in total. The first-order chi connectivity index (χ1) is 9.00. The fourth-order valence-corrected chi connectivity index (χ4v) is 2.67. The van der Waals surface area contributed by atoms with Crippen LogP contribution in [0, 0.1) is 0 Å². The number of benzene rings is 1. The SMILES string of the molecule is CCn1cc(CNc2ccccc2S(C)(=O)=O)cn1. The number of anilines is 1. The van der Waals surface area contributed by atoms with E-state index in [-0.39, 0.29) is 0 Å². The second-order valence-electron chi connectivity index (χ2n) is 4.33. The molecule has 6 heteroatoms. The highest BCUT2D eigenvalue weighted by Crippen LogP contribution is 2.21. The third-order valence-corrected chi connectivity index (χ3v) is 3.94. The summed E-state index contributed by atoms with van der Waals surface area (Å²) in [5.41, 5.74) is 1.64. The van der Waals surface area contributed by atoms with Crippen molar-refractivity contribution in [3.05, 3.63) is 42.2 Å². The lowest BCUT2D eigenvalue weighted by Crippen LogP contribution is -2.05. The summed E-state index contributed by atoms with van der Waals surface area (Å²) in [5.74, 6) is 0. The van der Waals surface area contributed by atoms with Crippen molar-refractivity contribution in [3.63, 3.8) is 0 Å². The summed E-state index contributed by atoms with van der Waals surface area (Å²) in [4.78, 5) is 0.317. The second-order valence-corrected chi connectivity index (χ2v) is 6.31. The minimum absolute atomic E-state index is 0.317. The molecule has 0 radical (unpaired) electrons. The molecule has 2 rings (SSSR count). The number of aromatic nitrogens is 2. The van der Waals surface area contributed by atoms with Crippen LogP contribution < -0.4 is 5.32 Å². The Morgan fingerprint density at radius 1 is 1.32 bits per heavy atom. The summed E-state index contributed by atoms with van der Waals surface area (Å²) in [6, 6.07) is 6.90. The third-order valence-electron chi connectivity index (χ3n) is 2.78. The fourth-order valence-electron chi connectivity index (χ4n) is 1.80. The average Bonchev–Trinajstić information content (AvgIpc) is 2.83. The van der Waals surface area contributed by atoms with E-state index in [0.717, 1.165) is 12.1 Å². The fraction of sp³-hybridized carbons (Fsp3) is 0.308. The molecule has 0 atom stereocenters. The zero-order valence-corrected chi connectivity index (χ0v) is 11.8. The van der Waals surface area contributed by atoms with Crippen molar-refractivity contribution in [2.24, 2.45) is 0 Å². The van der Waals surface area contributed by atoms with Gasteiger partial charge >= 0.3 is 0 Å². The number of nitrogens with one attached hydrogen (secondary N) is 1. The van der Waals surface area contributed by atoms with Crippen LogP contribution in [-0.2, 0) is 22.9 Å². The van der Waals surface area contributed by atoms with E-state index in [2.05, 4.69) is 10.4 Å². The minimum Gasteiger partial charge on any atom is -0.380 e. The minimum atomic E-state index is -3.22. The van der Waals surface area contributed by atoms with Gasteiger partial charge in [-0.15, -0.1) is 0 Å². The van der Waals surface area contributed by atoms with Gasteiger partial charge in [0, 0.05) is 31.1 Å². The lowest BCUT2D eigenvalue weighted by atomic mass is 10.3. The maximum absolute atomic E-state index is 11.7. The number of hydrogen-bond acceptors (Lipinski definition) is 4. The van der Waals surface area contributed by atoms with Crippen molar-refractivity contribution in [2.45, 2.75) is 24.9 Å². The summed E-state index contributed by atoms with van der Waals surface area (Å²) in [7, 11) is -3.22. The van der Waals surface area contributed by atoms with Gasteiger partial charge in [0.05, 0.1) is 16.8 Å². The molecular weight excluding hydrogens is 262 g/mol. The molecule has 1 aromatic carbocycles. The quantitative estimate of drug-likeness (QED) is 0.908. The normalized spacial score (nSPS) is 11.5. The second kappa shape index (κ2) is 5.44. The maximum Gasteiger partial charge on any atom is 0.177 e. The van der Waals surface area contributed by atoms with E-state index in [1.807, 2.05) is 23.9 Å². The van der Waals surface area contributed by atoms with Crippen molar-refractivity contribution < 1.29 is 8.42 Å². The van der Waals surface area contributed by atoms with E-state index in [1.54, 1.807) is 24.4 Å². The third kappa shape index (κ3) is 3.35. The Morgan fingerprint density at radius 2 is 2.05 bits per heavy atom. The Morgan fingerprint density at radius 3 is 2.68 bits per heavy atom. The monoisotopic (exact) mass is 279 g/mol. The van der Waals surface area contributed by atoms with Gasteiger partial charge in [0.15, 0.2) is 9.84 Å². The van der Waals surface area contributed by atoms with Crippen molar-refractivity contribution in [2.75, 3.05) is 11.6 Å². The molecule has 0 saturated carbocycles. The Hall–Kier alpha value is -1.82. The lowest BCUT2D eigenvalue weighted by molar-refractivity contribution is 0.602. The van der Waals surface area contributed by atoms with Crippen molar-refractivity contribution in [1.29, 1.82) is 0 Å². The molecule has 1 aromatic heterocycles. The van der Waals surface area contributed by atoms with E-state index in [4.69, 9.17) is 0 Å². The predicted octanol–water partition coefficient (Wildman–Crippen LogP) is 1.92. The van der Waals surface area contributed by atoms with Gasteiger partial charge < -0.3 is 5.32 Å². The van der Waals surface area contributed by atoms with Gasteiger partial charge in [-0.1, -0.05) is 12.1 Å². The molecule has 2 aromatic rings. The first-order valence-corrected chi connectivity index (χ1v) is 7.94. The van der Waals surface area contributed by atoms with Crippen LogP contribution in [0.5, 0.6) is 0 Å². The molecule has 19 heavy (non-hydrogen) atoms. The maximum atomic E-state index is 11.7. The summed E-state index contributed by atoms with van der Waals surface area (Å²) in [5, 5.41) is 7.32. The number of sulfone groups is 1. The highest BCUT2D eigenvalue weighted by Gasteiger charge is 2.12. The Balaban J connectivity index is 2.16. The van der Waals surface area contributed by atoms with Crippen molar-refractivity contribution in [3.8, 4) is 0 Å². The summed E-state index contributed by atoms with van der Waals surface area (Å²) in [6.45, 7) is 3.38. The van der Waals surface area contributed by atoms with E-state index >= 15 is 0 Å². The van der Waals surface area contributed by atoms with Crippen LogP contribution in [0.2, 0.25) is 0 Å². The number of para-hydroxylation sites is 1. The highest BCUT2D eigenvalue weighted by molar-refractivity contribution is 7.90. The molecule has 0 fully saturated rings. The zero-order chi connectivity index (χ0) is 13.9. The van der Waals surface area contributed by atoms with Crippen LogP contribution in [0.15, 0.2) is 41.6 Å². The smallest absolute Gasteiger partial charge is 0.177 e. The number of hydrogen-bond donors (Lipinski definition) is 1. The van der Waals surface area contributed by atoms with Crippen molar-refractivity contribution >= 4 is 15.5 Å². The van der Waals surface area contributed by atoms with Gasteiger partial charge in [-0.05, 0) is 19.1 Å². The van der Waals surface area contributed by atoms with Gasteiger partial charge in [0.25, 0.3) is 0 Å². The molecule has 0 amide bonds. The largest absolute Gasteiger partial charge is 0.380 e. The van der Waals surface area contributed by atoms with E-state index < -0.39 is 9.84 Å². The molecule has 102 valence electrons. The van der Waals surface area contributed by atoms with E-state index in [9.17, 15) is 8.42 Å². The topological polar surface area (TPSA) is 64.0 Å². The first-order valence-electron chi connectivity index (χ1n) is 6.05. The van der Waals surface area contributed by atoms with Gasteiger partial charge in [-0.3, -0.25) is 4.68 Å². The van der Waals surface area contributed by atoms with Crippen LogP contribution in [-0.4, -0.2) is 24.5 Å². The van der Waals surface area contributed by atoms with Crippen LogP contribution in [0.3, 0.4) is 0 Å². The zero-order valence-electron chi connectivity index (χ0n) is 11.0. The van der Waals surface area contributed by atoms with Gasteiger partial charge in [0.2, 0.25) is 0 Å². The number of nitrogens with zero attached hydrogens (tertiary/aromatic N) is 2. The molecule has 0 aliphatic carbocycles. The molecule has 0 aliphatic rings. The van der Waals surface area contributed by atoms with Gasteiger partial charge in [-0.2, -0.15) is 5.10 Å². The Labute approximate surface area is 113 Å². The highest BCUT2D eigenvalue weighted by atomic mass is 32.2. The summed E-state index contributed by atoms with van der Waals surface area (Å²) >= 11 is 0. The van der Waals surface area contributed by atoms with E-state index in [0.29, 0.717) is 17.1 Å². The summed E-state index contributed by atoms with van der Waals surface area (Å²) in [6.07, 6.45) is 4.93. The standard InChI is InChI=1S/C13H17N3O2S/c1-3-16-10-11(9-15-16)8-14-12-6-4-5-7-13(12)19(2,17)18/h4-7,9-10,14H,3,8H2,1-2H3. The molecular formula is C13H17N3O2S. The van der Waals surface area contributed by atoms with Crippen LogP contribution in [0.4, 0.5) is 5.69 Å². The number of aryl methyl sites for hydroxylation is 1. The molecule has 0 bridgehead atoms. The predicted molar refractivity (Wildman–Crippen MR) is 74.8 cm³/mol.